The van der Waals surface area contributed by atoms with Gasteiger partial charge in [-0.3, -0.25) is 10.1 Å². The molecule has 0 spiro atoms. The number of hydrogen-bond acceptors (Lipinski definition) is 6. The lowest BCUT2D eigenvalue weighted by molar-refractivity contribution is 0.657. The molecule has 150 valence electrons. The van der Waals surface area contributed by atoms with Crippen molar-refractivity contribution in [3.8, 4) is 33.1 Å². The molecule has 0 aliphatic rings. The SMILES string of the molecule is Nc1cncc(-c2ccc3[nH]nc(-c4nc5nccc(-c6ccc(F)s6)c5[nH]4)c3c2)c1. The van der Waals surface area contributed by atoms with Crippen molar-refractivity contribution >= 4 is 39.1 Å². The molecule has 0 saturated carbocycles. The van der Waals surface area contributed by atoms with E-state index < -0.39 is 0 Å². The minimum Gasteiger partial charge on any atom is -0.397 e. The molecule has 0 saturated heterocycles. The van der Waals surface area contributed by atoms with Gasteiger partial charge in [0.15, 0.2) is 16.6 Å². The van der Waals surface area contributed by atoms with Crippen molar-refractivity contribution < 1.29 is 4.39 Å². The Morgan fingerprint density at radius 3 is 2.77 bits per heavy atom. The Hall–Kier alpha value is -4.11. The average Bonchev–Trinajstić information content (AvgIpc) is 3.50. The van der Waals surface area contributed by atoms with Crippen LogP contribution in [0.1, 0.15) is 0 Å². The van der Waals surface area contributed by atoms with Gasteiger partial charge in [-0.05, 0) is 42.0 Å². The number of pyridine rings is 2. The molecule has 0 unspecified atom stereocenters. The molecule has 0 atom stereocenters. The Labute approximate surface area is 178 Å². The van der Waals surface area contributed by atoms with Gasteiger partial charge in [-0.1, -0.05) is 6.07 Å². The Morgan fingerprint density at radius 2 is 1.94 bits per heavy atom. The van der Waals surface area contributed by atoms with Crippen LogP contribution in [0, 0.1) is 5.13 Å². The zero-order valence-corrected chi connectivity index (χ0v) is 16.7. The molecule has 0 amide bonds. The molecular weight excluding hydrogens is 413 g/mol. The minimum absolute atomic E-state index is 0.235. The smallest absolute Gasteiger partial charge is 0.178 e. The van der Waals surface area contributed by atoms with Crippen LogP contribution in [0.3, 0.4) is 0 Å². The molecule has 7 nitrogen and oxygen atoms in total. The predicted octanol–water partition coefficient (Wildman–Crippen LogP) is 5.01. The van der Waals surface area contributed by atoms with Crippen molar-refractivity contribution in [1.29, 1.82) is 0 Å². The number of halogens is 1. The molecule has 1 aromatic carbocycles. The quantitative estimate of drug-likeness (QED) is 0.368. The third-order valence-corrected chi connectivity index (χ3v) is 6.02. The van der Waals surface area contributed by atoms with Crippen molar-refractivity contribution in [2.45, 2.75) is 0 Å². The maximum atomic E-state index is 13.6. The number of thiophene rings is 1. The van der Waals surface area contributed by atoms with Crippen LogP contribution in [0.25, 0.3) is 55.2 Å². The largest absolute Gasteiger partial charge is 0.397 e. The average molecular weight is 427 g/mol. The maximum Gasteiger partial charge on any atom is 0.178 e. The molecule has 31 heavy (non-hydrogen) atoms. The lowest BCUT2D eigenvalue weighted by Gasteiger charge is -2.03. The second-order valence-corrected chi connectivity index (χ2v) is 8.12. The number of nitrogens with two attached hydrogens (primary N) is 1. The van der Waals surface area contributed by atoms with Gasteiger partial charge in [-0.15, -0.1) is 11.3 Å². The first-order valence-corrected chi connectivity index (χ1v) is 10.3. The van der Waals surface area contributed by atoms with E-state index in [0.29, 0.717) is 22.9 Å². The molecule has 9 heteroatoms. The number of fused-ring (bicyclic) bond motifs is 2. The topological polar surface area (TPSA) is 109 Å². The monoisotopic (exact) mass is 427 g/mol. The summed E-state index contributed by atoms with van der Waals surface area (Å²) in [6.07, 6.45) is 5.06. The standard InChI is InChI=1S/C22H14FN7S/c23-18-4-3-17(31-18)14-5-6-26-21-19(14)27-22(28-21)20-15-8-11(1-2-16(15)29-30-20)12-7-13(24)10-25-9-12/h1-10H,24H2,(H,29,30)(H,26,27,28). The number of imidazole rings is 1. The van der Waals surface area contributed by atoms with Gasteiger partial charge in [0, 0.05) is 40.0 Å². The van der Waals surface area contributed by atoms with Gasteiger partial charge in [0.25, 0.3) is 0 Å². The lowest BCUT2D eigenvalue weighted by atomic mass is 10.0. The number of rotatable bonds is 3. The van der Waals surface area contributed by atoms with Gasteiger partial charge in [-0.2, -0.15) is 9.49 Å². The normalized spacial score (nSPS) is 11.5. The number of aromatic amines is 2. The van der Waals surface area contributed by atoms with Gasteiger partial charge in [0.05, 0.1) is 16.7 Å². The highest BCUT2D eigenvalue weighted by molar-refractivity contribution is 7.14. The number of nitrogen functional groups attached to an aromatic ring is 1. The van der Waals surface area contributed by atoms with Crippen LogP contribution in [0.15, 0.2) is 61.1 Å². The van der Waals surface area contributed by atoms with Crippen LogP contribution >= 0.6 is 11.3 Å². The molecule has 6 aromatic rings. The van der Waals surface area contributed by atoms with Gasteiger partial charge < -0.3 is 10.7 Å². The summed E-state index contributed by atoms with van der Waals surface area (Å²) < 4.78 is 13.6. The summed E-state index contributed by atoms with van der Waals surface area (Å²) in [5.74, 6) is 0.584. The predicted molar refractivity (Wildman–Crippen MR) is 120 cm³/mol. The van der Waals surface area contributed by atoms with Crippen molar-refractivity contribution in [1.82, 2.24) is 30.1 Å². The Kier molecular flexibility index (Phi) is 3.84. The molecule has 4 N–H and O–H groups in total. The van der Waals surface area contributed by atoms with Gasteiger partial charge in [0.1, 0.15) is 5.69 Å². The van der Waals surface area contributed by atoms with Gasteiger partial charge in [0.2, 0.25) is 0 Å². The number of H-pyrrole nitrogens is 2. The van der Waals surface area contributed by atoms with Crippen molar-refractivity contribution in [2.24, 2.45) is 0 Å². The van der Waals surface area contributed by atoms with Crippen LogP contribution in [0.2, 0.25) is 0 Å². The zero-order chi connectivity index (χ0) is 20.9. The summed E-state index contributed by atoms with van der Waals surface area (Å²) >= 11 is 1.09. The second kappa shape index (κ2) is 6.71. The van der Waals surface area contributed by atoms with E-state index >= 15 is 0 Å². The Morgan fingerprint density at radius 1 is 1.00 bits per heavy atom. The van der Waals surface area contributed by atoms with E-state index in [-0.39, 0.29) is 5.13 Å². The highest BCUT2D eigenvalue weighted by atomic mass is 32.1. The molecule has 5 aromatic heterocycles. The number of nitrogens with one attached hydrogen (secondary N) is 2. The Bertz CT molecular complexity index is 1580. The molecule has 0 aliphatic heterocycles. The molecule has 0 aliphatic carbocycles. The molecule has 0 fully saturated rings. The van der Waals surface area contributed by atoms with Crippen molar-refractivity contribution in [2.75, 3.05) is 5.73 Å². The molecule has 0 radical (unpaired) electrons. The van der Waals surface area contributed by atoms with Crippen LogP contribution in [0.5, 0.6) is 0 Å². The maximum absolute atomic E-state index is 13.6. The number of anilines is 1. The van der Waals surface area contributed by atoms with Crippen molar-refractivity contribution in [3.63, 3.8) is 0 Å². The summed E-state index contributed by atoms with van der Waals surface area (Å²) in [5.41, 5.74) is 12.1. The number of benzene rings is 1. The van der Waals surface area contributed by atoms with E-state index in [0.717, 1.165) is 49.3 Å². The molecule has 0 bridgehead atoms. The summed E-state index contributed by atoms with van der Waals surface area (Å²) in [4.78, 5) is 17.3. The van der Waals surface area contributed by atoms with Crippen LogP contribution in [-0.4, -0.2) is 30.1 Å². The highest BCUT2D eigenvalue weighted by Gasteiger charge is 2.17. The van der Waals surface area contributed by atoms with E-state index in [1.807, 2.05) is 30.3 Å². The van der Waals surface area contributed by atoms with E-state index in [9.17, 15) is 4.39 Å². The van der Waals surface area contributed by atoms with E-state index in [1.54, 1.807) is 24.7 Å². The summed E-state index contributed by atoms with van der Waals surface area (Å²) in [7, 11) is 0. The van der Waals surface area contributed by atoms with E-state index in [4.69, 9.17) is 5.73 Å². The van der Waals surface area contributed by atoms with Gasteiger partial charge >= 0.3 is 0 Å². The molecule has 5 heterocycles. The fourth-order valence-electron chi connectivity index (χ4n) is 3.68. The van der Waals surface area contributed by atoms with Gasteiger partial charge in [-0.25, -0.2) is 9.97 Å². The first-order chi connectivity index (χ1) is 15.2. The van der Waals surface area contributed by atoms with Crippen molar-refractivity contribution in [3.05, 3.63) is 66.2 Å². The van der Waals surface area contributed by atoms with Crippen LogP contribution in [0.4, 0.5) is 10.1 Å². The fraction of sp³-hybridized carbons (Fsp3) is 0. The fourth-order valence-corrected chi connectivity index (χ4v) is 4.44. The third kappa shape index (κ3) is 2.94. The number of hydrogen-bond donors (Lipinski definition) is 3. The highest BCUT2D eigenvalue weighted by Crippen LogP contribution is 2.34. The number of aromatic nitrogens is 6. The van der Waals surface area contributed by atoms with E-state index in [1.165, 1.54) is 6.07 Å². The van der Waals surface area contributed by atoms with Crippen LogP contribution < -0.4 is 5.73 Å². The summed E-state index contributed by atoms with van der Waals surface area (Å²) in [5, 5.41) is 8.20. The summed E-state index contributed by atoms with van der Waals surface area (Å²) in [6.45, 7) is 0. The molecular formula is C22H14FN7S. The zero-order valence-electron chi connectivity index (χ0n) is 15.9. The van der Waals surface area contributed by atoms with E-state index in [2.05, 4.69) is 30.1 Å². The first kappa shape index (κ1) is 17.7. The summed E-state index contributed by atoms with van der Waals surface area (Å²) in [6, 6.07) is 12.9. The lowest BCUT2D eigenvalue weighted by Crippen LogP contribution is -1.88. The Balaban J connectivity index is 1.51. The van der Waals surface area contributed by atoms with Crippen LogP contribution in [-0.2, 0) is 0 Å². The molecule has 6 rings (SSSR count). The second-order valence-electron chi connectivity index (χ2n) is 7.09. The third-order valence-electron chi connectivity index (χ3n) is 5.11. The number of nitrogens with zero attached hydrogens (tertiary/aromatic N) is 4. The minimum atomic E-state index is -0.235. The first-order valence-electron chi connectivity index (χ1n) is 9.45.